The number of aryl methyl sites for hydroxylation is 1. The first kappa shape index (κ1) is 9.74. The van der Waals surface area contributed by atoms with E-state index in [1.807, 2.05) is 37.3 Å². The fourth-order valence-electron chi connectivity index (χ4n) is 0.985. The maximum atomic E-state index is 5.30. The van der Waals surface area contributed by atoms with Crippen LogP contribution in [0.2, 0.25) is 0 Å². The molecule has 0 radical (unpaired) electrons. The molecule has 0 aliphatic heterocycles. The largest absolute Gasteiger partial charge is 0.367 e. The molecule has 0 saturated heterocycles. The van der Waals surface area contributed by atoms with Gasteiger partial charge in [0, 0.05) is 18.8 Å². The number of nitrogens with two attached hydrogens (primary N) is 1. The molecule has 1 rings (SSSR count). The lowest BCUT2D eigenvalue weighted by Crippen LogP contribution is -2.02. The summed E-state index contributed by atoms with van der Waals surface area (Å²) in [5.74, 6) is 0.904. The Kier molecular flexibility index (Phi) is 3.99. The van der Waals surface area contributed by atoms with Gasteiger partial charge in [0.05, 0.1) is 0 Å². The third-order valence-corrected chi connectivity index (χ3v) is 1.59. The average molecular weight is 177 g/mol. The van der Waals surface area contributed by atoms with Gasteiger partial charge in [-0.05, 0) is 19.1 Å². The van der Waals surface area contributed by atoms with Crippen molar-refractivity contribution in [3.05, 3.63) is 36.0 Å². The Hall–Kier alpha value is -1.35. The van der Waals surface area contributed by atoms with Crippen molar-refractivity contribution in [1.29, 1.82) is 0 Å². The number of hydrogen-bond donors (Lipinski definition) is 2. The molecule has 0 fully saturated rings. The molecule has 0 bridgehead atoms. The lowest BCUT2D eigenvalue weighted by Gasteiger charge is -2.02. The number of rotatable bonds is 4. The first-order valence-electron chi connectivity index (χ1n) is 4.35. The first-order chi connectivity index (χ1) is 6.33. The van der Waals surface area contributed by atoms with Crippen molar-refractivity contribution in [1.82, 2.24) is 4.98 Å². The molecule has 0 aliphatic rings. The van der Waals surface area contributed by atoms with Crippen molar-refractivity contribution in [3.8, 4) is 0 Å². The van der Waals surface area contributed by atoms with Crippen LogP contribution in [0.3, 0.4) is 0 Å². The predicted octanol–water partition coefficient (Wildman–Crippen LogP) is 1.32. The monoisotopic (exact) mass is 177 g/mol. The highest BCUT2D eigenvalue weighted by molar-refractivity contribution is 5.35. The molecule has 3 N–H and O–H groups in total. The van der Waals surface area contributed by atoms with Gasteiger partial charge in [0.25, 0.3) is 0 Å². The highest BCUT2D eigenvalue weighted by Crippen LogP contribution is 2.02. The van der Waals surface area contributed by atoms with E-state index in [0.717, 1.165) is 18.1 Å². The number of nitrogens with zero attached hydrogens (tertiary/aromatic N) is 1. The van der Waals surface area contributed by atoms with E-state index in [-0.39, 0.29) is 0 Å². The molecule has 0 unspecified atom stereocenters. The highest BCUT2D eigenvalue weighted by atomic mass is 15.0. The molecule has 1 heterocycles. The summed E-state index contributed by atoms with van der Waals surface area (Å²) in [6.45, 7) is 3.33. The number of anilines is 1. The van der Waals surface area contributed by atoms with Gasteiger partial charge in [0.2, 0.25) is 0 Å². The van der Waals surface area contributed by atoms with E-state index >= 15 is 0 Å². The summed E-state index contributed by atoms with van der Waals surface area (Å²) >= 11 is 0. The van der Waals surface area contributed by atoms with Gasteiger partial charge in [-0.2, -0.15) is 0 Å². The Bertz CT molecular complexity index is 281. The topological polar surface area (TPSA) is 50.9 Å². The number of pyridine rings is 1. The van der Waals surface area contributed by atoms with Gasteiger partial charge < -0.3 is 11.1 Å². The van der Waals surface area contributed by atoms with E-state index in [0.29, 0.717) is 6.54 Å². The molecule has 0 atom stereocenters. The van der Waals surface area contributed by atoms with Crippen LogP contribution in [0, 0.1) is 6.92 Å². The van der Waals surface area contributed by atoms with Gasteiger partial charge in [0.15, 0.2) is 0 Å². The van der Waals surface area contributed by atoms with Crippen LogP contribution in [-0.2, 0) is 0 Å². The quantitative estimate of drug-likeness (QED) is 0.682. The minimum Gasteiger partial charge on any atom is -0.367 e. The number of aromatic nitrogens is 1. The molecule has 13 heavy (non-hydrogen) atoms. The number of nitrogens with one attached hydrogen (secondary N) is 1. The summed E-state index contributed by atoms with van der Waals surface area (Å²) < 4.78 is 0. The summed E-state index contributed by atoms with van der Waals surface area (Å²) in [4.78, 5) is 4.29. The zero-order chi connectivity index (χ0) is 9.52. The van der Waals surface area contributed by atoms with Crippen molar-refractivity contribution >= 4 is 5.82 Å². The zero-order valence-corrected chi connectivity index (χ0v) is 7.83. The van der Waals surface area contributed by atoms with Crippen LogP contribution in [0.4, 0.5) is 5.82 Å². The van der Waals surface area contributed by atoms with E-state index in [9.17, 15) is 0 Å². The minimum absolute atomic E-state index is 0.586. The van der Waals surface area contributed by atoms with Gasteiger partial charge in [-0.15, -0.1) is 0 Å². The molecular weight excluding hydrogens is 162 g/mol. The summed E-state index contributed by atoms with van der Waals surface area (Å²) in [5, 5.41) is 3.17. The lowest BCUT2D eigenvalue weighted by atomic mass is 10.3. The molecule has 0 aromatic carbocycles. The number of hydrogen-bond acceptors (Lipinski definition) is 3. The fraction of sp³-hybridized carbons (Fsp3) is 0.300. The van der Waals surface area contributed by atoms with Crippen LogP contribution in [0.25, 0.3) is 0 Å². The molecule has 3 heteroatoms. The maximum absolute atomic E-state index is 5.30. The van der Waals surface area contributed by atoms with Crippen molar-refractivity contribution in [2.24, 2.45) is 5.73 Å². The molecular formula is C10H15N3. The smallest absolute Gasteiger partial charge is 0.126 e. The molecule has 1 aromatic rings. The molecule has 1 aromatic heterocycles. The maximum Gasteiger partial charge on any atom is 0.126 e. The van der Waals surface area contributed by atoms with Crippen molar-refractivity contribution in [2.45, 2.75) is 6.92 Å². The summed E-state index contributed by atoms with van der Waals surface area (Å²) in [7, 11) is 0. The first-order valence-corrected chi connectivity index (χ1v) is 4.35. The van der Waals surface area contributed by atoms with Gasteiger partial charge in [-0.3, -0.25) is 0 Å². The zero-order valence-electron chi connectivity index (χ0n) is 7.83. The Morgan fingerprint density at radius 1 is 1.46 bits per heavy atom. The highest BCUT2D eigenvalue weighted by Gasteiger charge is 1.89. The molecule has 0 aliphatic carbocycles. The predicted molar refractivity (Wildman–Crippen MR) is 55.7 cm³/mol. The Balaban J connectivity index is 2.41. The SMILES string of the molecule is Cc1cccc(NC/C=C/CN)n1. The van der Waals surface area contributed by atoms with E-state index in [1.165, 1.54) is 0 Å². The van der Waals surface area contributed by atoms with E-state index in [4.69, 9.17) is 5.73 Å². The van der Waals surface area contributed by atoms with Crippen LogP contribution in [0.15, 0.2) is 30.4 Å². The van der Waals surface area contributed by atoms with Crippen LogP contribution >= 0.6 is 0 Å². The van der Waals surface area contributed by atoms with Crippen molar-refractivity contribution in [2.75, 3.05) is 18.4 Å². The van der Waals surface area contributed by atoms with Crippen LogP contribution in [0.1, 0.15) is 5.69 Å². The summed E-state index contributed by atoms with van der Waals surface area (Å²) in [5.41, 5.74) is 6.32. The second-order valence-electron chi connectivity index (χ2n) is 2.75. The van der Waals surface area contributed by atoms with E-state index in [2.05, 4.69) is 10.3 Å². The van der Waals surface area contributed by atoms with Gasteiger partial charge in [-0.25, -0.2) is 4.98 Å². The van der Waals surface area contributed by atoms with Gasteiger partial charge >= 0.3 is 0 Å². The van der Waals surface area contributed by atoms with E-state index < -0.39 is 0 Å². The van der Waals surface area contributed by atoms with Crippen molar-refractivity contribution in [3.63, 3.8) is 0 Å². The van der Waals surface area contributed by atoms with E-state index in [1.54, 1.807) is 0 Å². The molecule has 0 amide bonds. The third-order valence-electron chi connectivity index (χ3n) is 1.59. The van der Waals surface area contributed by atoms with Crippen LogP contribution < -0.4 is 11.1 Å². The van der Waals surface area contributed by atoms with Crippen molar-refractivity contribution < 1.29 is 0 Å². The lowest BCUT2D eigenvalue weighted by molar-refractivity contribution is 1.15. The molecule has 3 nitrogen and oxygen atoms in total. The van der Waals surface area contributed by atoms with Gasteiger partial charge in [0.1, 0.15) is 5.82 Å². The second kappa shape index (κ2) is 5.32. The molecule has 70 valence electrons. The minimum atomic E-state index is 0.586. The van der Waals surface area contributed by atoms with Gasteiger partial charge in [-0.1, -0.05) is 18.2 Å². The Morgan fingerprint density at radius 3 is 3.00 bits per heavy atom. The van der Waals surface area contributed by atoms with Crippen LogP contribution in [-0.4, -0.2) is 18.1 Å². The normalized spacial score (nSPS) is 10.6. The summed E-state index contributed by atoms with van der Waals surface area (Å²) in [6.07, 6.45) is 3.91. The Labute approximate surface area is 78.7 Å². The fourth-order valence-corrected chi connectivity index (χ4v) is 0.985. The van der Waals surface area contributed by atoms with Crippen LogP contribution in [0.5, 0.6) is 0 Å². The average Bonchev–Trinajstić information content (AvgIpc) is 2.13. The molecule has 0 spiro atoms. The second-order valence-corrected chi connectivity index (χ2v) is 2.75. The standard InChI is InChI=1S/C10H15N3/c1-9-5-4-6-10(13-9)12-8-3-2-7-11/h2-6H,7-8,11H2,1H3,(H,12,13)/b3-2+. The summed E-state index contributed by atoms with van der Waals surface area (Å²) in [6, 6.07) is 5.90. The third kappa shape index (κ3) is 3.71. The molecule has 0 saturated carbocycles. The Morgan fingerprint density at radius 2 is 2.31 bits per heavy atom.